The maximum absolute atomic E-state index is 12.4. The third-order valence-electron chi connectivity index (χ3n) is 4.87. The van der Waals surface area contributed by atoms with Gasteiger partial charge in [-0.05, 0) is 25.3 Å². The summed E-state index contributed by atoms with van der Waals surface area (Å²) >= 11 is 0. The predicted octanol–water partition coefficient (Wildman–Crippen LogP) is 2.60. The van der Waals surface area contributed by atoms with E-state index in [4.69, 9.17) is 5.73 Å². The number of hydrogen-bond donors (Lipinski definition) is 2. The zero-order valence-electron chi connectivity index (χ0n) is 12.7. The summed E-state index contributed by atoms with van der Waals surface area (Å²) in [7, 11) is 0. The zero-order valence-corrected chi connectivity index (χ0v) is 12.7. The van der Waals surface area contributed by atoms with Crippen LogP contribution >= 0.6 is 0 Å². The first-order valence-corrected chi connectivity index (χ1v) is 7.54. The highest BCUT2D eigenvalue weighted by Gasteiger charge is 2.34. The molecule has 0 saturated heterocycles. The van der Waals surface area contributed by atoms with Crippen LogP contribution in [0.15, 0.2) is 30.3 Å². The van der Waals surface area contributed by atoms with Gasteiger partial charge in [-0.15, -0.1) is 0 Å². The largest absolute Gasteiger partial charge is 0.352 e. The summed E-state index contributed by atoms with van der Waals surface area (Å²) in [6.45, 7) is 6.41. The van der Waals surface area contributed by atoms with E-state index in [1.54, 1.807) is 0 Å². The Kier molecular flexibility index (Phi) is 4.48. The lowest BCUT2D eigenvalue weighted by molar-refractivity contribution is -0.126. The van der Waals surface area contributed by atoms with Crippen molar-refractivity contribution in [2.24, 2.45) is 11.7 Å². The van der Waals surface area contributed by atoms with Gasteiger partial charge in [0.05, 0.1) is 5.92 Å². The molecule has 3 unspecified atom stereocenters. The molecule has 3 atom stereocenters. The highest BCUT2D eigenvalue weighted by Crippen LogP contribution is 2.28. The van der Waals surface area contributed by atoms with Gasteiger partial charge in [0.15, 0.2) is 0 Å². The van der Waals surface area contributed by atoms with Gasteiger partial charge < -0.3 is 11.1 Å². The highest BCUT2D eigenvalue weighted by molar-refractivity contribution is 5.80. The lowest BCUT2D eigenvalue weighted by Gasteiger charge is -2.34. The molecule has 1 aromatic rings. The first kappa shape index (κ1) is 15.0. The van der Waals surface area contributed by atoms with Crippen molar-refractivity contribution in [2.45, 2.75) is 57.5 Å². The molecular weight excluding hydrogens is 248 g/mol. The Morgan fingerprint density at radius 1 is 1.30 bits per heavy atom. The maximum Gasteiger partial charge on any atom is 0.224 e. The molecule has 3 heteroatoms. The Morgan fingerprint density at radius 3 is 2.50 bits per heavy atom. The SMILES string of the molecule is CC(NC(=O)C1CCCC1N)C(C)(C)c1ccccc1. The van der Waals surface area contributed by atoms with Gasteiger partial charge in [0.2, 0.25) is 5.91 Å². The Bertz CT molecular complexity index is 455. The van der Waals surface area contributed by atoms with Gasteiger partial charge in [-0.25, -0.2) is 0 Å². The standard InChI is InChI=1S/C17H26N2O/c1-12(17(2,3)13-8-5-4-6-9-13)19-16(20)14-10-7-11-15(14)18/h4-6,8-9,12,14-15H,7,10-11,18H2,1-3H3,(H,19,20). The second kappa shape index (κ2) is 5.96. The van der Waals surface area contributed by atoms with Crippen molar-refractivity contribution in [3.8, 4) is 0 Å². The first-order chi connectivity index (χ1) is 9.43. The summed E-state index contributed by atoms with van der Waals surface area (Å²) in [6, 6.07) is 10.4. The average Bonchev–Trinajstić information content (AvgIpc) is 2.86. The third kappa shape index (κ3) is 3.04. The van der Waals surface area contributed by atoms with E-state index in [2.05, 4.69) is 38.2 Å². The van der Waals surface area contributed by atoms with E-state index < -0.39 is 0 Å². The summed E-state index contributed by atoms with van der Waals surface area (Å²) < 4.78 is 0. The average molecular weight is 274 g/mol. The lowest BCUT2D eigenvalue weighted by atomic mass is 9.78. The van der Waals surface area contributed by atoms with Crippen LogP contribution in [0.2, 0.25) is 0 Å². The second-order valence-corrected chi connectivity index (χ2v) is 6.52. The number of carbonyl (C=O) groups excluding carboxylic acids is 1. The van der Waals surface area contributed by atoms with Gasteiger partial charge in [-0.3, -0.25) is 4.79 Å². The Morgan fingerprint density at radius 2 is 1.95 bits per heavy atom. The molecule has 0 radical (unpaired) electrons. The predicted molar refractivity (Wildman–Crippen MR) is 82.4 cm³/mol. The monoisotopic (exact) mass is 274 g/mol. The van der Waals surface area contributed by atoms with Gasteiger partial charge in [-0.2, -0.15) is 0 Å². The molecule has 0 spiro atoms. The molecule has 1 amide bonds. The third-order valence-corrected chi connectivity index (χ3v) is 4.87. The molecule has 0 heterocycles. The lowest BCUT2D eigenvalue weighted by Crippen LogP contribution is -2.49. The molecule has 3 N–H and O–H groups in total. The van der Waals surface area contributed by atoms with Crippen LogP contribution in [0.4, 0.5) is 0 Å². The molecule has 3 nitrogen and oxygen atoms in total. The molecule has 2 rings (SSSR count). The fraction of sp³-hybridized carbons (Fsp3) is 0.588. The summed E-state index contributed by atoms with van der Waals surface area (Å²) in [6.07, 6.45) is 2.95. The van der Waals surface area contributed by atoms with E-state index in [-0.39, 0.29) is 29.3 Å². The maximum atomic E-state index is 12.4. The summed E-state index contributed by atoms with van der Waals surface area (Å²) in [5, 5.41) is 3.17. The number of nitrogens with two attached hydrogens (primary N) is 1. The van der Waals surface area contributed by atoms with Gasteiger partial charge >= 0.3 is 0 Å². The van der Waals surface area contributed by atoms with Gasteiger partial charge in [0, 0.05) is 17.5 Å². The van der Waals surface area contributed by atoms with Crippen molar-refractivity contribution in [3.63, 3.8) is 0 Å². The van der Waals surface area contributed by atoms with Crippen molar-refractivity contribution in [3.05, 3.63) is 35.9 Å². The first-order valence-electron chi connectivity index (χ1n) is 7.54. The topological polar surface area (TPSA) is 55.1 Å². The minimum atomic E-state index is -0.0976. The number of rotatable bonds is 4. The van der Waals surface area contributed by atoms with E-state index in [1.807, 2.05) is 18.2 Å². The molecule has 0 aromatic heterocycles. The molecule has 1 fully saturated rings. The normalized spacial score (nSPS) is 24.4. The van der Waals surface area contributed by atoms with Crippen molar-refractivity contribution in [2.75, 3.05) is 0 Å². The van der Waals surface area contributed by atoms with Crippen molar-refractivity contribution in [1.82, 2.24) is 5.32 Å². The minimum absolute atomic E-state index is 0.0102. The molecule has 1 aliphatic rings. The molecule has 1 saturated carbocycles. The Balaban J connectivity index is 2.04. The van der Waals surface area contributed by atoms with Crippen LogP contribution in [-0.2, 0) is 10.2 Å². The fourth-order valence-electron chi connectivity index (χ4n) is 2.93. The number of nitrogens with one attached hydrogen (secondary N) is 1. The summed E-state index contributed by atoms with van der Waals surface area (Å²) in [5.74, 6) is 0.107. The van der Waals surface area contributed by atoms with E-state index in [0.29, 0.717) is 0 Å². The summed E-state index contributed by atoms with van der Waals surface area (Å²) in [5.41, 5.74) is 7.16. The van der Waals surface area contributed by atoms with Crippen LogP contribution in [0.3, 0.4) is 0 Å². The molecule has 110 valence electrons. The number of hydrogen-bond acceptors (Lipinski definition) is 2. The minimum Gasteiger partial charge on any atom is -0.352 e. The van der Waals surface area contributed by atoms with E-state index in [1.165, 1.54) is 5.56 Å². The molecule has 1 aromatic carbocycles. The highest BCUT2D eigenvalue weighted by atomic mass is 16.2. The molecular formula is C17H26N2O. The fourth-order valence-corrected chi connectivity index (χ4v) is 2.93. The Labute approximate surface area is 121 Å². The van der Waals surface area contributed by atoms with Crippen LogP contribution in [0, 0.1) is 5.92 Å². The summed E-state index contributed by atoms with van der Waals surface area (Å²) in [4.78, 5) is 12.4. The zero-order chi connectivity index (χ0) is 14.8. The number of carbonyl (C=O) groups is 1. The van der Waals surface area contributed by atoms with Gasteiger partial charge in [0.1, 0.15) is 0 Å². The second-order valence-electron chi connectivity index (χ2n) is 6.52. The van der Waals surface area contributed by atoms with Crippen molar-refractivity contribution in [1.29, 1.82) is 0 Å². The van der Waals surface area contributed by atoms with Crippen LogP contribution in [0.1, 0.15) is 45.6 Å². The van der Waals surface area contributed by atoms with Crippen molar-refractivity contribution >= 4 is 5.91 Å². The molecule has 1 aliphatic carbocycles. The quantitative estimate of drug-likeness (QED) is 0.886. The van der Waals surface area contributed by atoms with Crippen molar-refractivity contribution < 1.29 is 4.79 Å². The van der Waals surface area contributed by atoms with Gasteiger partial charge in [0.25, 0.3) is 0 Å². The van der Waals surface area contributed by atoms with E-state index in [0.717, 1.165) is 19.3 Å². The number of amides is 1. The molecule has 20 heavy (non-hydrogen) atoms. The van der Waals surface area contributed by atoms with E-state index >= 15 is 0 Å². The van der Waals surface area contributed by atoms with Gasteiger partial charge in [-0.1, -0.05) is 50.6 Å². The molecule has 0 bridgehead atoms. The Hall–Kier alpha value is -1.35. The van der Waals surface area contributed by atoms with E-state index in [9.17, 15) is 4.79 Å². The molecule has 0 aliphatic heterocycles. The van der Waals surface area contributed by atoms with Crippen LogP contribution in [0.25, 0.3) is 0 Å². The van der Waals surface area contributed by atoms with Crippen LogP contribution in [0.5, 0.6) is 0 Å². The number of benzene rings is 1. The van der Waals surface area contributed by atoms with Crippen LogP contribution < -0.4 is 11.1 Å². The van der Waals surface area contributed by atoms with Crippen LogP contribution in [-0.4, -0.2) is 18.0 Å². The smallest absolute Gasteiger partial charge is 0.224 e.